The van der Waals surface area contributed by atoms with Gasteiger partial charge in [0.2, 0.25) is 11.8 Å². The normalized spacial score (nSPS) is 12.2. The maximum Gasteiger partial charge on any atom is 0.247 e. The average molecular weight is 365 g/mol. The summed E-state index contributed by atoms with van der Waals surface area (Å²) < 4.78 is 5.94. The molecule has 26 heavy (non-hydrogen) atoms. The Bertz CT molecular complexity index is 966. The fourth-order valence-corrected chi connectivity index (χ4v) is 2.95. The third-order valence-electron chi connectivity index (χ3n) is 4.05. The number of hydrogen-bond acceptors (Lipinski definition) is 4. The van der Waals surface area contributed by atoms with Gasteiger partial charge in [0.25, 0.3) is 0 Å². The van der Waals surface area contributed by atoms with E-state index in [0.717, 1.165) is 11.3 Å². The molecule has 5 nitrogen and oxygen atoms in total. The summed E-state index contributed by atoms with van der Waals surface area (Å²) in [4.78, 5) is 3.22. The molecule has 0 bridgehead atoms. The van der Waals surface area contributed by atoms with Gasteiger partial charge in [0.1, 0.15) is 6.04 Å². The van der Waals surface area contributed by atoms with Crippen LogP contribution in [-0.2, 0) is 6.54 Å². The van der Waals surface area contributed by atoms with Crippen molar-refractivity contribution in [3.05, 3.63) is 95.1 Å². The van der Waals surface area contributed by atoms with Crippen molar-refractivity contribution in [1.29, 1.82) is 0 Å². The Balaban J connectivity index is 1.60. The summed E-state index contributed by atoms with van der Waals surface area (Å²) in [5.41, 5.74) is 2.94. The monoisotopic (exact) mass is 364 g/mol. The Labute approximate surface area is 156 Å². The van der Waals surface area contributed by atoms with Crippen molar-refractivity contribution >= 4 is 11.6 Å². The molecule has 0 fully saturated rings. The van der Waals surface area contributed by atoms with E-state index in [4.69, 9.17) is 16.0 Å². The lowest BCUT2D eigenvalue weighted by Gasteiger charge is -2.14. The number of H-pyrrole nitrogens is 1. The molecule has 2 N–H and O–H groups in total. The molecule has 0 amide bonds. The second-order valence-electron chi connectivity index (χ2n) is 5.88. The third kappa shape index (κ3) is 3.69. The smallest absolute Gasteiger partial charge is 0.247 e. The summed E-state index contributed by atoms with van der Waals surface area (Å²) in [6.07, 6.45) is 1.88. The Morgan fingerprint density at radius 1 is 1.00 bits per heavy atom. The van der Waals surface area contributed by atoms with Crippen LogP contribution in [0.5, 0.6) is 0 Å². The van der Waals surface area contributed by atoms with Gasteiger partial charge < -0.3 is 9.40 Å². The molecule has 4 aromatic rings. The van der Waals surface area contributed by atoms with Crippen LogP contribution in [0.25, 0.3) is 11.5 Å². The van der Waals surface area contributed by atoms with E-state index < -0.39 is 0 Å². The average Bonchev–Trinajstić information content (AvgIpc) is 3.35. The summed E-state index contributed by atoms with van der Waals surface area (Å²) in [6, 6.07) is 21.3. The molecule has 130 valence electrons. The van der Waals surface area contributed by atoms with Gasteiger partial charge in [0.05, 0.1) is 0 Å². The minimum atomic E-state index is -0.231. The van der Waals surface area contributed by atoms with Crippen molar-refractivity contribution in [2.75, 3.05) is 0 Å². The van der Waals surface area contributed by atoms with E-state index in [1.165, 1.54) is 5.56 Å². The summed E-state index contributed by atoms with van der Waals surface area (Å²) in [5, 5.41) is 12.5. The quantitative estimate of drug-likeness (QED) is 0.524. The zero-order valence-electron chi connectivity index (χ0n) is 13.9. The molecule has 2 aromatic heterocycles. The second-order valence-corrected chi connectivity index (χ2v) is 6.32. The number of aromatic amines is 1. The van der Waals surface area contributed by atoms with Crippen molar-refractivity contribution in [2.24, 2.45) is 0 Å². The third-order valence-corrected chi connectivity index (χ3v) is 4.28. The molecule has 1 atom stereocenters. The SMILES string of the molecule is Clc1cccc(-c2nnc(C(NCc3ccccc3)c3ccc[nH]3)o2)c1. The van der Waals surface area contributed by atoms with Gasteiger partial charge in [0, 0.05) is 29.0 Å². The molecular formula is C20H17ClN4O. The van der Waals surface area contributed by atoms with Crippen LogP contribution in [0.3, 0.4) is 0 Å². The summed E-state index contributed by atoms with van der Waals surface area (Å²) >= 11 is 6.06. The lowest BCUT2D eigenvalue weighted by atomic mass is 10.1. The summed E-state index contributed by atoms with van der Waals surface area (Å²) in [5.74, 6) is 0.943. The highest BCUT2D eigenvalue weighted by Gasteiger charge is 2.22. The molecule has 2 aromatic carbocycles. The number of benzene rings is 2. The predicted molar refractivity (Wildman–Crippen MR) is 101 cm³/mol. The van der Waals surface area contributed by atoms with Gasteiger partial charge in [-0.2, -0.15) is 0 Å². The number of hydrogen-bond donors (Lipinski definition) is 2. The van der Waals surface area contributed by atoms with Crippen molar-refractivity contribution < 1.29 is 4.42 Å². The van der Waals surface area contributed by atoms with Crippen LogP contribution in [0.4, 0.5) is 0 Å². The molecule has 0 aliphatic heterocycles. The van der Waals surface area contributed by atoms with Crippen molar-refractivity contribution in [1.82, 2.24) is 20.5 Å². The maximum atomic E-state index is 6.06. The van der Waals surface area contributed by atoms with Gasteiger partial charge in [-0.3, -0.25) is 5.32 Å². The highest BCUT2D eigenvalue weighted by atomic mass is 35.5. The fraction of sp³-hybridized carbons (Fsp3) is 0.100. The van der Waals surface area contributed by atoms with E-state index >= 15 is 0 Å². The first-order valence-corrected chi connectivity index (χ1v) is 8.67. The van der Waals surface area contributed by atoms with Crippen LogP contribution in [0.1, 0.15) is 23.2 Å². The minimum Gasteiger partial charge on any atom is -0.419 e. The number of nitrogens with zero attached hydrogens (tertiary/aromatic N) is 2. The van der Waals surface area contributed by atoms with E-state index in [0.29, 0.717) is 23.3 Å². The highest BCUT2D eigenvalue weighted by molar-refractivity contribution is 6.30. The number of nitrogens with one attached hydrogen (secondary N) is 2. The van der Waals surface area contributed by atoms with Gasteiger partial charge in [0.15, 0.2) is 0 Å². The molecule has 0 radical (unpaired) electrons. The van der Waals surface area contributed by atoms with Crippen LogP contribution in [0, 0.1) is 0 Å². The minimum absolute atomic E-state index is 0.231. The molecule has 0 aliphatic rings. The standard InChI is InChI=1S/C20H17ClN4O/c21-16-9-4-8-15(12-16)19-24-25-20(26-19)18(17-10-5-11-22-17)23-13-14-6-2-1-3-7-14/h1-12,18,22-23H,13H2. The van der Waals surface area contributed by atoms with Gasteiger partial charge in [-0.05, 0) is 35.9 Å². The maximum absolute atomic E-state index is 6.06. The van der Waals surface area contributed by atoms with Gasteiger partial charge in [-0.25, -0.2) is 0 Å². The van der Waals surface area contributed by atoms with Crippen LogP contribution >= 0.6 is 11.6 Å². The first-order valence-electron chi connectivity index (χ1n) is 8.29. The molecule has 0 aliphatic carbocycles. The first-order chi connectivity index (χ1) is 12.8. The first kappa shape index (κ1) is 16.6. The molecule has 4 rings (SSSR count). The fourth-order valence-electron chi connectivity index (χ4n) is 2.76. The highest BCUT2D eigenvalue weighted by Crippen LogP contribution is 2.26. The van der Waals surface area contributed by atoms with Crippen molar-refractivity contribution in [3.8, 4) is 11.5 Å². The Morgan fingerprint density at radius 2 is 1.88 bits per heavy atom. The molecule has 0 saturated heterocycles. The van der Waals surface area contributed by atoms with Gasteiger partial charge in [-0.15, -0.1) is 10.2 Å². The topological polar surface area (TPSA) is 66.7 Å². The number of rotatable bonds is 6. The van der Waals surface area contributed by atoms with E-state index in [1.807, 2.05) is 54.7 Å². The summed E-state index contributed by atoms with van der Waals surface area (Å²) in [7, 11) is 0. The molecular weight excluding hydrogens is 348 g/mol. The van der Waals surface area contributed by atoms with Crippen LogP contribution in [0.15, 0.2) is 77.3 Å². The second kappa shape index (κ2) is 7.56. The largest absolute Gasteiger partial charge is 0.419 e. The molecule has 6 heteroatoms. The Hall–Kier alpha value is -2.89. The van der Waals surface area contributed by atoms with Crippen LogP contribution in [-0.4, -0.2) is 15.2 Å². The number of halogens is 1. The van der Waals surface area contributed by atoms with E-state index in [9.17, 15) is 0 Å². The lowest BCUT2D eigenvalue weighted by molar-refractivity contribution is 0.434. The molecule has 0 spiro atoms. The van der Waals surface area contributed by atoms with Crippen LogP contribution < -0.4 is 5.32 Å². The Morgan fingerprint density at radius 3 is 2.65 bits per heavy atom. The predicted octanol–water partition coefficient (Wildman–Crippen LogP) is 4.60. The van der Waals surface area contributed by atoms with Crippen molar-refractivity contribution in [3.63, 3.8) is 0 Å². The molecule has 2 heterocycles. The molecule has 0 saturated carbocycles. The zero-order chi connectivity index (χ0) is 17.8. The van der Waals surface area contributed by atoms with E-state index in [-0.39, 0.29) is 6.04 Å². The van der Waals surface area contributed by atoms with E-state index in [2.05, 4.69) is 32.6 Å². The molecule has 1 unspecified atom stereocenters. The van der Waals surface area contributed by atoms with Gasteiger partial charge in [-0.1, -0.05) is 48.0 Å². The summed E-state index contributed by atoms with van der Waals surface area (Å²) in [6.45, 7) is 0.680. The number of aromatic nitrogens is 3. The van der Waals surface area contributed by atoms with Crippen molar-refractivity contribution in [2.45, 2.75) is 12.6 Å². The Kier molecular flexibility index (Phi) is 4.82. The van der Waals surface area contributed by atoms with E-state index in [1.54, 1.807) is 6.07 Å². The zero-order valence-corrected chi connectivity index (χ0v) is 14.6. The van der Waals surface area contributed by atoms with Crippen LogP contribution in [0.2, 0.25) is 5.02 Å². The lowest BCUT2D eigenvalue weighted by Crippen LogP contribution is -2.22. The van der Waals surface area contributed by atoms with Gasteiger partial charge >= 0.3 is 0 Å².